The maximum absolute atomic E-state index is 8.36. The van der Waals surface area contributed by atoms with Crippen LogP contribution >= 0.6 is 0 Å². The lowest BCUT2D eigenvalue weighted by molar-refractivity contribution is -0.122. The first-order chi connectivity index (χ1) is 3.68. The molecule has 0 aliphatic carbocycles. The molecule has 48 valence electrons. The molecule has 0 radical (unpaired) electrons. The van der Waals surface area contributed by atoms with Crippen LogP contribution in [0.15, 0.2) is 0 Å². The van der Waals surface area contributed by atoms with Gasteiger partial charge < -0.3 is 15.6 Å². The van der Waals surface area contributed by atoms with Gasteiger partial charge in [0.25, 0.3) is 12.5 Å². The smallest absolute Gasteiger partial charge is 0.290 e. The highest BCUT2D eigenvalue weighted by Crippen LogP contribution is 1.50. The normalized spacial score (nSPS) is 5.62. The fourth-order valence-electron chi connectivity index (χ4n) is 0. The molecule has 0 aromatic carbocycles. The molecule has 0 atom stereocenters. The highest BCUT2D eigenvalue weighted by molar-refractivity contribution is 5.67. The molecule has 0 rings (SSSR count). The third-order valence-electron chi connectivity index (χ3n) is 0.220. The first-order valence-electron chi connectivity index (χ1n) is 1.64. The summed E-state index contributed by atoms with van der Waals surface area (Å²) in [6, 6.07) is -0.245. The van der Waals surface area contributed by atoms with E-state index in [4.69, 9.17) is 15.3 Å². The number of methoxy groups -OCH3 is 1. The molecule has 0 heterocycles. The Morgan fingerprint density at radius 1 is 2.00 bits per heavy atom. The highest BCUT2D eigenvalue weighted by Gasteiger charge is 1.68. The Morgan fingerprint density at radius 3 is 2.12 bits per heavy atom. The van der Waals surface area contributed by atoms with Crippen molar-refractivity contribution in [2.75, 3.05) is 7.11 Å². The number of amidine groups is 1. The zero-order valence-electron chi connectivity index (χ0n) is 4.42. The number of rotatable bonds is 0. The molecule has 0 aliphatic heterocycles. The lowest BCUT2D eigenvalue weighted by Crippen LogP contribution is -2.10. The largest absolute Gasteiger partial charge is 0.483 e. The van der Waals surface area contributed by atoms with E-state index in [-0.39, 0.29) is 12.5 Å². The van der Waals surface area contributed by atoms with Crippen molar-refractivity contribution in [3.8, 4) is 0 Å². The quantitative estimate of drug-likeness (QED) is 0.222. The van der Waals surface area contributed by atoms with Gasteiger partial charge in [0.2, 0.25) is 0 Å². The second-order valence-corrected chi connectivity index (χ2v) is 0.674. The maximum Gasteiger partial charge on any atom is 0.290 e. The zero-order valence-corrected chi connectivity index (χ0v) is 4.42. The van der Waals surface area contributed by atoms with E-state index in [1.54, 1.807) is 0 Å². The van der Waals surface area contributed by atoms with Gasteiger partial charge in [-0.15, -0.1) is 0 Å². The van der Waals surface area contributed by atoms with E-state index in [2.05, 4.69) is 10.5 Å². The van der Waals surface area contributed by atoms with Crippen molar-refractivity contribution in [1.82, 2.24) is 0 Å². The van der Waals surface area contributed by atoms with E-state index in [0.29, 0.717) is 0 Å². The second kappa shape index (κ2) is 9.22. The third-order valence-corrected chi connectivity index (χ3v) is 0.220. The van der Waals surface area contributed by atoms with Crippen molar-refractivity contribution in [2.24, 2.45) is 5.73 Å². The molecular formula is C3H8N2O3. The van der Waals surface area contributed by atoms with Crippen molar-refractivity contribution < 1.29 is 14.6 Å². The first kappa shape index (κ1) is 9.88. The van der Waals surface area contributed by atoms with Gasteiger partial charge in [0.15, 0.2) is 0 Å². The number of carboxylic acid groups (broad SMARTS) is 1. The number of nitrogens with two attached hydrogens (primary N) is 1. The van der Waals surface area contributed by atoms with Gasteiger partial charge in [0.1, 0.15) is 0 Å². The molecule has 8 heavy (non-hydrogen) atoms. The lowest BCUT2D eigenvalue weighted by atomic mass is 11.2. The first-order valence-corrected chi connectivity index (χ1v) is 1.64. The number of hydrogen-bond donors (Lipinski definition) is 3. The van der Waals surface area contributed by atoms with E-state index < -0.39 is 0 Å². The zero-order chi connectivity index (χ0) is 6.99. The number of ether oxygens (including phenoxy) is 1. The maximum atomic E-state index is 8.36. The van der Waals surface area contributed by atoms with E-state index in [1.807, 2.05) is 0 Å². The molecule has 0 bridgehead atoms. The Labute approximate surface area is 46.6 Å². The molecule has 0 saturated carbocycles. The summed E-state index contributed by atoms with van der Waals surface area (Å²) in [7, 11) is 1.35. The summed E-state index contributed by atoms with van der Waals surface area (Å²) in [5, 5.41) is 13.2. The van der Waals surface area contributed by atoms with Gasteiger partial charge in [-0.25, -0.2) is 0 Å². The Balaban J connectivity index is 0. The van der Waals surface area contributed by atoms with Crippen LogP contribution in [0.25, 0.3) is 0 Å². The fourth-order valence-corrected chi connectivity index (χ4v) is 0. The molecule has 5 nitrogen and oxygen atoms in total. The van der Waals surface area contributed by atoms with Crippen LogP contribution in [0, 0.1) is 5.41 Å². The molecule has 0 spiro atoms. The van der Waals surface area contributed by atoms with E-state index in [9.17, 15) is 0 Å². The SMILES string of the molecule is COC(=N)N.O=CO. The van der Waals surface area contributed by atoms with E-state index in [0.717, 1.165) is 0 Å². The van der Waals surface area contributed by atoms with Crippen LogP contribution in [0.3, 0.4) is 0 Å². The molecule has 0 amide bonds. The average Bonchev–Trinajstić information content (AvgIpc) is 1.69. The minimum atomic E-state index is -0.250. The van der Waals surface area contributed by atoms with Crippen LogP contribution in [0.2, 0.25) is 0 Å². The topological polar surface area (TPSA) is 96.4 Å². The lowest BCUT2D eigenvalue weighted by Gasteiger charge is -1.85. The summed E-state index contributed by atoms with van der Waals surface area (Å²) in [6.07, 6.45) is 0. The van der Waals surface area contributed by atoms with Crippen LogP contribution < -0.4 is 5.73 Å². The summed E-state index contributed by atoms with van der Waals surface area (Å²) >= 11 is 0. The minimum Gasteiger partial charge on any atom is -0.483 e. The second-order valence-electron chi connectivity index (χ2n) is 0.674. The molecular weight excluding hydrogens is 112 g/mol. The Hall–Kier alpha value is -1.26. The standard InChI is InChI=1S/C2H6N2O.CH2O2/c1-5-2(3)4;2-1-3/h1H3,(H3,3,4);1H,(H,2,3). The van der Waals surface area contributed by atoms with Crippen LogP contribution in [0.4, 0.5) is 0 Å². The van der Waals surface area contributed by atoms with Gasteiger partial charge in [-0.3, -0.25) is 10.2 Å². The Bertz CT molecular complexity index is 72.9. The van der Waals surface area contributed by atoms with Crippen LogP contribution in [-0.2, 0) is 9.53 Å². The molecule has 0 aromatic rings. The molecule has 0 fully saturated rings. The predicted molar refractivity (Wildman–Crippen MR) is 27.6 cm³/mol. The van der Waals surface area contributed by atoms with Gasteiger partial charge in [-0.2, -0.15) is 0 Å². The monoisotopic (exact) mass is 120 g/mol. The summed E-state index contributed by atoms with van der Waals surface area (Å²) < 4.78 is 4.11. The predicted octanol–water partition coefficient (Wildman–Crippen LogP) is -0.773. The van der Waals surface area contributed by atoms with Crippen molar-refractivity contribution >= 4 is 12.5 Å². The highest BCUT2D eigenvalue weighted by atomic mass is 16.5. The van der Waals surface area contributed by atoms with Gasteiger partial charge >= 0.3 is 0 Å². The summed E-state index contributed by atoms with van der Waals surface area (Å²) in [5.41, 5.74) is 4.65. The molecule has 0 unspecified atom stereocenters. The summed E-state index contributed by atoms with van der Waals surface area (Å²) in [5.74, 6) is 0. The van der Waals surface area contributed by atoms with Crippen molar-refractivity contribution in [3.63, 3.8) is 0 Å². The van der Waals surface area contributed by atoms with Crippen molar-refractivity contribution in [3.05, 3.63) is 0 Å². The van der Waals surface area contributed by atoms with E-state index in [1.165, 1.54) is 7.11 Å². The fraction of sp³-hybridized carbons (Fsp3) is 0.333. The molecule has 0 saturated heterocycles. The van der Waals surface area contributed by atoms with E-state index >= 15 is 0 Å². The Morgan fingerprint density at radius 2 is 2.12 bits per heavy atom. The van der Waals surface area contributed by atoms with Gasteiger partial charge in [-0.1, -0.05) is 0 Å². The number of carbonyl (C=O) groups is 1. The molecule has 4 N–H and O–H groups in total. The van der Waals surface area contributed by atoms with Crippen LogP contribution in [0.5, 0.6) is 0 Å². The van der Waals surface area contributed by atoms with Crippen molar-refractivity contribution in [1.29, 1.82) is 5.41 Å². The molecule has 0 aliphatic rings. The van der Waals surface area contributed by atoms with Gasteiger partial charge in [0, 0.05) is 0 Å². The van der Waals surface area contributed by atoms with Gasteiger partial charge in [-0.05, 0) is 0 Å². The van der Waals surface area contributed by atoms with Crippen molar-refractivity contribution in [2.45, 2.75) is 0 Å². The number of hydrogen-bond acceptors (Lipinski definition) is 3. The summed E-state index contributed by atoms with van der Waals surface area (Å²) in [4.78, 5) is 8.36. The Kier molecular flexibility index (Phi) is 11.4. The third kappa shape index (κ3) is 121. The molecule has 0 aromatic heterocycles. The van der Waals surface area contributed by atoms with Crippen LogP contribution in [-0.4, -0.2) is 24.7 Å². The van der Waals surface area contributed by atoms with Crippen LogP contribution in [0.1, 0.15) is 0 Å². The average molecular weight is 120 g/mol. The molecule has 5 heteroatoms. The summed E-state index contributed by atoms with van der Waals surface area (Å²) in [6.45, 7) is -0.250. The number of nitrogens with one attached hydrogen (secondary N) is 1. The van der Waals surface area contributed by atoms with Gasteiger partial charge in [0.05, 0.1) is 7.11 Å². The minimum absolute atomic E-state index is 0.245.